The van der Waals surface area contributed by atoms with Crippen LogP contribution < -0.4 is 0 Å². The molecule has 0 rings (SSSR count). The molecule has 0 aliphatic carbocycles. The van der Waals surface area contributed by atoms with Crippen LogP contribution in [0, 0.1) is 5.92 Å². The molecule has 5 nitrogen and oxygen atoms in total. The van der Waals surface area contributed by atoms with Gasteiger partial charge < -0.3 is 20.0 Å². The molecule has 0 heterocycles. The van der Waals surface area contributed by atoms with Crippen LogP contribution in [0.15, 0.2) is 0 Å². The highest BCUT2D eigenvalue weighted by Crippen LogP contribution is 2.44. The van der Waals surface area contributed by atoms with Crippen LogP contribution in [0.5, 0.6) is 0 Å². The van der Waals surface area contributed by atoms with Crippen LogP contribution in [0.4, 0.5) is 8.78 Å². The van der Waals surface area contributed by atoms with Crippen LogP contribution in [-0.4, -0.2) is 37.9 Å². The van der Waals surface area contributed by atoms with Gasteiger partial charge in [-0.05, 0) is 12.3 Å². The van der Waals surface area contributed by atoms with Crippen LogP contribution in [0.1, 0.15) is 33.1 Å². The number of halogens is 2. The van der Waals surface area contributed by atoms with Crippen LogP contribution >= 0.6 is 7.60 Å². The van der Waals surface area contributed by atoms with Gasteiger partial charge in [0.2, 0.25) is 5.79 Å². The highest BCUT2D eigenvalue weighted by Gasteiger charge is 2.54. The van der Waals surface area contributed by atoms with Gasteiger partial charge in [0.15, 0.2) is 0 Å². The highest BCUT2D eigenvalue weighted by atomic mass is 31.2. The number of rotatable bonds is 7. The summed E-state index contributed by atoms with van der Waals surface area (Å²) in [4.78, 5) is 17.0. The van der Waals surface area contributed by atoms with Crippen molar-refractivity contribution < 1.29 is 33.3 Å². The number of aliphatic hydroxyl groups is 2. The number of hydrogen-bond donors (Lipinski definition) is 4. The highest BCUT2D eigenvalue weighted by molar-refractivity contribution is 7.51. The summed E-state index contributed by atoms with van der Waals surface area (Å²) in [7, 11) is -4.91. The minimum absolute atomic E-state index is 0.0503. The van der Waals surface area contributed by atoms with Gasteiger partial charge >= 0.3 is 13.5 Å². The SMILES string of the molecule is CC(C)CCCC(F)(F)C(O)(O)CP(=O)(O)O. The molecule has 0 atom stereocenters. The first-order valence-corrected chi connectivity index (χ1v) is 7.04. The molecule has 8 heteroatoms. The van der Waals surface area contributed by atoms with Gasteiger partial charge in [0.05, 0.1) is 0 Å². The van der Waals surface area contributed by atoms with Crippen LogP contribution in [0.2, 0.25) is 0 Å². The Kier molecular flexibility index (Phi) is 5.69. The first kappa shape index (κ1) is 16.9. The molecule has 0 bridgehead atoms. The molecule has 0 aromatic rings. The van der Waals surface area contributed by atoms with E-state index in [1.807, 2.05) is 13.8 Å². The van der Waals surface area contributed by atoms with E-state index < -0.39 is 31.9 Å². The van der Waals surface area contributed by atoms with Crippen LogP contribution in [0.25, 0.3) is 0 Å². The molecule has 104 valence electrons. The fourth-order valence-corrected chi connectivity index (χ4v) is 2.14. The van der Waals surface area contributed by atoms with E-state index in [-0.39, 0.29) is 12.3 Å². The van der Waals surface area contributed by atoms with E-state index in [4.69, 9.17) is 20.0 Å². The van der Waals surface area contributed by atoms with Gasteiger partial charge in [0, 0.05) is 6.42 Å². The number of alkyl halides is 2. The standard InChI is InChI=1S/C9H19F2O5P/c1-7(2)4-3-5-8(10,11)9(12,13)6-17(14,15)16/h7,12-13H,3-6H2,1-2H3,(H2,14,15,16). The molecule has 0 aromatic heterocycles. The van der Waals surface area contributed by atoms with Gasteiger partial charge in [0.1, 0.15) is 6.16 Å². The minimum Gasteiger partial charge on any atom is -0.360 e. The van der Waals surface area contributed by atoms with Crippen molar-refractivity contribution in [1.29, 1.82) is 0 Å². The van der Waals surface area contributed by atoms with Crippen molar-refractivity contribution in [3.63, 3.8) is 0 Å². The van der Waals surface area contributed by atoms with Gasteiger partial charge in [-0.15, -0.1) is 0 Å². The Hall–Kier alpha value is -0.0700. The van der Waals surface area contributed by atoms with Crippen LogP contribution in [-0.2, 0) is 4.57 Å². The lowest BCUT2D eigenvalue weighted by Crippen LogP contribution is -2.50. The maximum atomic E-state index is 13.3. The molecule has 0 aliphatic rings. The number of hydrogen-bond acceptors (Lipinski definition) is 3. The second-order valence-electron chi connectivity index (χ2n) is 4.63. The van der Waals surface area contributed by atoms with E-state index in [0.29, 0.717) is 6.42 Å². The fourth-order valence-electron chi connectivity index (χ4n) is 1.34. The predicted molar refractivity (Wildman–Crippen MR) is 57.7 cm³/mol. The third kappa shape index (κ3) is 6.43. The molecule has 0 amide bonds. The van der Waals surface area contributed by atoms with Crippen molar-refractivity contribution in [1.82, 2.24) is 0 Å². The zero-order valence-electron chi connectivity index (χ0n) is 9.81. The molecule has 0 fully saturated rings. The van der Waals surface area contributed by atoms with Gasteiger partial charge in [-0.1, -0.05) is 20.3 Å². The Morgan fingerprint density at radius 2 is 1.71 bits per heavy atom. The molecule has 0 saturated carbocycles. The van der Waals surface area contributed by atoms with E-state index in [9.17, 15) is 13.3 Å². The summed E-state index contributed by atoms with van der Waals surface area (Å²) >= 11 is 0. The smallest absolute Gasteiger partial charge is 0.331 e. The summed E-state index contributed by atoms with van der Waals surface area (Å²) in [5, 5.41) is 18.1. The molecule has 0 aromatic carbocycles. The molecule has 0 aliphatic heterocycles. The summed E-state index contributed by atoms with van der Waals surface area (Å²) in [6.07, 6.45) is -1.97. The summed E-state index contributed by atoms with van der Waals surface area (Å²) in [5.74, 6) is -7.43. The van der Waals surface area contributed by atoms with Crippen molar-refractivity contribution in [3.8, 4) is 0 Å². The Labute approximate surface area is 98.6 Å². The zero-order valence-corrected chi connectivity index (χ0v) is 10.7. The first-order valence-electron chi connectivity index (χ1n) is 5.24. The van der Waals surface area contributed by atoms with Gasteiger partial charge in [-0.2, -0.15) is 0 Å². The van der Waals surface area contributed by atoms with E-state index >= 15 is 0 Å². The molecule has 4 N–H and O–H groups in total. The van der Waals surface area contributed by atoms with Gasteiger partial charge in [-0.3, -0.25) is 4.57 Å². The Morgan fingerprint density at radius 1 is 1.24 bits per heavy atom. The Morgan fingerprint density at radius 3 is 2.06 bits per heavy atom. The molecular weight excluding hydrogens is 257 g/mol. The van der Waals surface area contributed by atoms with Crippen molar-refractivity contribution in [3.05, 3.63) is 0 Å². The Bertz CT molecular complexity index is 287. The lowest BCUT2D eigenvalue weighted by atomic mass is 10.00. The summed E-state index contributed by atoms with van der Waals surface area (Å²) in [6.45, 7) is 3.66. The topological polar surface area (TPSA) is 98.0 Å². The zero-order chi connectivity index (χ0) is 13.9. The van der Waals surface area contributed by atoms with Crippen molar-refractivity contribution in [2.45, 2.75) is 44.8 Å². The maximum absolute atomic E-state index is 13.3. The van der Waals surface area contributed by atoms with E-state index in [1.165, 1.54) is 0 Å². The van der Waals surface area contributed by atoms with Crippen molar-refractivity contribution in [2.75, 3.05) is 6.16 Å². The lowest BCUT2D eigenvalue weighted by Gasteiger charge is -2.31. The fraction of sp³-hybridized carbons (Fsp3) is 1.00. The van der Waals surface area contributed by atoms with E-state index in [1.54, 1.807) is 0 Å². The molecule has 0 unspecified atom stereocenters. The molecule has 0 radical (unpaired) electrons. The van der Waals surface area contributed by atoms with Crippen molar-refractivity contribution >= 4 is 7.60 Å². The minimum atomic E-state index is -4.91. The first-order chi connectivity index (χ1) is 7.37. The molecule has 0 spiro atoms. The monoisotopic (exact) mass is 276 g/mol. The summed E-state index contributed by atoms with van der Waals surface area (Å²) in [5.41, 5.74) is 0. The summed E-state index contributed by atoms with van der Waals surface area (Å²) < 4.78 is 37.2. The van der Waals surface area contributed by atoms with E-state index in [0.717, 1.165) is 0 Å². The largest absolute Gasteiger partial charge is 0.360 e. The third-order valence-electron chi connectivity index (χ3n) is 2.28. The molecule has 17 heavy (non-hydrogen) atoms. The second kappa shape index (κ2) is 5.71. The average Bonchev–Trinajstić information content (AvgIpc) is 1.97. The van der Waals surface area contributed by atoms with Crippen LogP contribution in [0.3, 0.4) is 0 Å². The van der Waals surface area contributed by atoms with Gasteiger partial charge in [0.25, 0.3) is 0 Å². The molecular formula is C9H19F2O5P. The second-order valence-corrected chi connectivity index (χ2v) is 6.28. The quantitative estimate of drug-likeness (QED) is 0.415. The van der Waals surface area contributed by atoms with Crippen molar-refractivity contribution in [2.24, 2.45) is 5.92 Å². The molecule has 0 saturated heterocycles. The van der Waals surface area contributed by atoms with Gasteiger partial charge in [-0.25, -0.2) is 8.78 Å². The van der Waals surface area contributed by atoms with E-state index in [2.05, 4.69) is 0 Å². The normalized spacial score (nSPS) is 14.4. The maximum Gasteiger partial charge on any atom is 0.331 e. The third-order valence-corrected chi connectivity index (χ3v) is 3.14. The predicted octanol–water partition coefficient (Wildman–Crippen LogP) is 1.31. The summed E-state index contributed by atoms with van der Waals surface area (Å²) in [6, 6.07) is 0. The average molecular weight is 276 g/mol. The lowest BCUT2D eigenvalue weighted by molar-refractivity contribution is -0.285. The Balaban J connectivity index is 4.50.